The summed E-state index contributed by atoms with van der Waals surface area (Å²) < 4.78 is 5.11. The summed E-state index contributed by atoms with van der Waals surface area (Å²) in [4.78, 5) is 35.9. The SMILES string of the molecule is CC(=O)N/C(=C\c1ccccc1)C(=O)OCC(=O)N[C@@H]1CCC[C@@H](C)[C@H]1C. The van der Waals surface area contributed by atoms with E-state index >= 15 is 0 Å². The molecule has 27 heavy (non-hydrogen) atoms. The van der Waals surface area contributed by atoms with E-state index < -0.39 is 5.97 Å². The van der Waals surface area contributed by atoms with E-state index in [1.54, 1.807) is 12.1 Å². The molecule has 1 saturated carbocycles. The van der Waals surface area contributed by atoms with Gasteiger partial charge in [-0.1, -0.05) is 57.0 Å². The summed E-state index contributed by atoms with van der Waals surface area (Å²) >= 11 is 0. The molecule has 6 nitrogen and oxygen atoms in total. The minimum Gasteiger partial charge on any atom is -0.451 e. The highest BCUT2D eigenvalue weighted by molar-refractivity contribution is 5.98. The smallest absolute Gasteiger partial charge is 0.355 e. The molecule has 0 bridgehead atoms. The molecule has 1 aliphatic carbocycles. The summed E-state index contributed by atoms with van der Waals surface area (Å²) in [6.07, 6.45) is 4.72. The lowest BCUT2D eigenvalue weighted by atomic mass is 9.78. The first-order valence-corrected chi connectivity index (χ1v) is 9.37. The Morgan fingerprint density at radius 1 is 1.15 bits per heavy atom. The van der Waals surface area contributed by atoms with Gasteiger partial charge in [-0.05, 0) is 29.9 Å². The number of carbonyl (C=O) groups is 3. The Bertz CT molecular complexity index is 699. The van der Waals surface area contributed by atoms with E-state index in [4.69, 9.17) is 4.74 Å². The highest BCUT2D eigenvalue weighted by Gasteiger charge is 2.28. The largest absolute Gasteiger partial charge is 0.451 e. The molecule has 146 valence electrons. The Morgan fingerprint density at radius 3 is 2.52 bits per heavy atom. The van der Waals surface area contributed by atoms with E-state index in [1.165, 1.54) is 19.4 Å². The van der Waals surface area contributed by atoms with Crippen molar-refractivity contribution in [3.63, 3.8) is 0 Å². The maximum Gasteiger partial charge on any atom is 0.355 e. The zero-order valence-corrected chi connectivity index (χ0v) is 16.2. The van der Waals surface area contributed by atoms with Crippen LogP contribution in [0.4, 0.5) is 0 Å². The van der Waals surface area contributed by atoms with Gasteiger partial charge in [0.15, 0.2) is 6.61 Å². The fraction of sp³-hybridized carbons (Fsp3) is 0.476. The molecule has 0 spiro atoms. The summed E-state index contributed by atoms with van der Waals surface area (Å²) in [5.74, 6) is -0.493. The van der Waals surface area contributed by atoms with E-state index in [9.17, 15) is 14.4 Å². The molecule has 2 N–H and O–H groups in total. The number of amides is 2. The van der Waals surface area contributed by atoms with Crippen LogP contribution in [0.15, 0.2) is 36.0 Å². The zero-order chi connectivity index (χ0) is 19.8. The molecule has 1 aromatic carbocycles. The fourth-order valence-electron chi connectivity index (χ4n) is 3.29. The van der Waals surface area contributed by atoms with Crippen LogP contribution in [-0.4, -0.2) is 30.4 Å². The average Bonchev–Trinajstić information content (AvgIpc) is 2.63. The normalized spacial score (nSPS) is 22.6. The van der Waals surface area contributed by atoms with Crippen molar-refractivity contribution in [3.05, 3.63) is 41.6 Å². The standard InChI is InChI=1S/C21H28N2O4/c1-14-8-7-11-18(15(14)2)23-20(25)13-27-21(26)19(22-16(3)24)12-17-9-5-4-6-10-17/h4-6,9-10,12,14-15,18H,7-8,11,13H2,1-3H3,(H,22,24)(H,23,25)/b19-12-/t14-,15-,18-/m1/s1. The lowest BCUT2D eigenvalue weighted by Gasteiger charge is -2.34. The molecule has 6 heteroatoms. The molecule has 2 amide bonds. The van der Waals surface area contributed by atoms with E-state index in [0.717, 1.165) is 18.4 Å². The fourth-order valence-corrected chi connectivity index (χ4v) is 3.29. The quantitative estimate of drug-likeness (QED) is 0.594. The number of hydrogen-bond donors (Lipinski definition) is 2. The maximum absolute atomic E-state index is 12.3. The van der Waals surface area contributed by atoms with Gasteiger partial charge in [-0.25, -0.2) is 4.79 Å². The van der Waals surface area contributed by atoms with Gasteiger partial charge in [0.05, 0.1) is 0 Å². The van der Waals surface area contributed by atoms with Gasteiger partial charge in [-0.3, -0.25) is 9.59 Å². The van der Waals surface area contributed by atoms with Crippen molar-refractivity contribution in [2.45, 2.75) is 46.1 Å². The molecule has 0 radical (unpaired) electrons. The summed E-state index contributed by atoms with van der Waals surface area (Å²) in [7, 11) is 0. The summed E-state index contributed by atoms with van der Waals surface area (Å²) in [5.41, 5.74) is 0.744. The summed E-state index contributed by atoms with van der Waals surface area (Å²) in [6.45, 7) is 5.27. The predicted molar refractivity (Wildman–Crippen MR) is 103 cm³/mol. The molecule has 1 fully saturated rings. The van der Waals surface area contributed by atoms with Gasteiger partial charge in [0.1, 0.15) is 5.70 Å². The number of hydrogen-bond acceptors (Lipinski definition) is 4. The van der Waals surface area contributed by atoms with Crippen molar-refractivity contribution in [2.24, 2.45) is 11.8 Å². The van der Waals surface area contributed by atoms with Gasteiger partial charge in [0, 0.05) is 13.0 Å². The summed E-state index contributed by atoms with van der Waals surface area (Å²) in [6, 6.07) is 9.20. The Morgan fingerprint density at radius 2 is 1.85 bits per heavy atom. The number of ether oxygens (including phenoxy) is 1. The Labute approximate surface area is 160 Å². The molecule has 0 aromatic heterocycles. The minimum absolute atomic E-state index is 0.00107. The Hall–Kier alpha value is -2.63. The van der Waals surface area contributed by atoms with Gasteiger partial charge in [0.25, 0.3) is 5.91 Å². The van der Waals surface area contributed by atoms with Crippen molar-refractivity contribution in [1.29, 1.82) is 0 Å². The second-order valence-corrected chi connectivity index (χ2v) is 7.17. The summed E-state index contributed by atoms with van der Waals surface area (Å²) in [5, 5.41) is 5.42. The van der Waals surface area contributed by atoms with Crippen LogP contribution < -0.4 is 10.6 Å². The third-order valence-electron chi connectivity index (χ3n) is 5.03. The van der Waals surface area contributed by atoms with Crippen LogP contribution in [0.25, 0.3) is 6.08 Å². The van der Waals surface area contributed by atoms with Gasteiger partial charge < -0.3 is 15.4 Å². The van der Waals surface area contributed by atoms with Crippen molar-refractivity contribution in [2.75, 3.05) is 6.61 Å². The van der Waals surface area contributed by atoms with Crippen LogP contribution in [0.1, 0.15) is 45.6 Å². The molecule has 0 saturated heterocycles. The number of nitrogens with one attached hydrogen (secondary N) is 2. The highest BCUT2D eigenvalue weighted by atomic mass is 16.5. The van der Waals surface area contributed by atoms with Crippen molar-refractivity contribution in [1.82, 2.24) is 10.6 Å². The van der Waals surface area contributed by atoms with Gasteiger partial charge in [-0.15, -0.1) is 0 Å². The van der Waals surface area contributed by atoms with E-state index in [1.807, 2.05) is 18.2 Å². The topological polar surface area (TPSA) is 84.5 Å². The molecule has 0 unspecified atom stereocenters. The molecule has 0 aliphatic heterocycles. The third kappa shape index (κ3) is 6.55. The predicted octanol–water partition coefficient (Wildman–Crippen LogP) is 2.65. The molecular formula is C21H28N2O4. The van der Waals surface area contributed by atoms with Crippen LogP contribution >= 0.6 is 0 Å². The minimum atomic E-state index is -0.741. The van der Waals surface area contributed by atoms with Crippen molar-refractivity contribution in [3.8, 4) is 0 Å². The Kier molecular flexibility index (Phi) is 7.58. The second kappa shape index (κ2) is 9.90. The molecule has 3 atom stereocenters. The number of esters is 1. The molecular weight excluding hydrogens is 344 g/mol. The number of rotatable bonds is 6. The number of carbonyl (C=O) groups excluding carboxylic acids is 3. The zero-order valence-electron chi connectivity index (χ0n) is 16.2. The van der Waals surface area contributed by atoms with Crippen molar-refractivity contribution < 1.29 is 19.1 Å². The van der Waals surface area contributed by atoms with Crippen molar-refractivity contribution >= 4 is 23.9 Å². The highest BCUT2D eigenvalue weighted by Crippen LogP contribution is 2.29. The molecule has 1 aromatic rings. The lowest BCUT2D eigenvalue weighted by molar-refractivity contribution is -0.146. The average molecular weight is 372 g/mol. The lowest BCUT2D eigenvalue weighted by Crippen LogP contribution is -2.45. The van der Waals surface area contributed by atoms with E-state index in [2.05, 4.69) is 24.5 Å². The molecule has 1 aliphatic rings. The van der Waals surface area contributed by atoms with Crippen LogP contribution in [0.2, 0.25) is 0 Å². The Balaban J connectivity index is 1.93. The first-order valence-electron chi connectivity index (χ1n) is 9.37. The second-order valence-electron chi connectivity index (χ2n) is 7.17. The van der Waals surface area contributed by atoms with Crippen LogP contribution in [0, 0.1) is 11.8 Å². The van der Waals surface area contributed by atoms with Gasteiger partial charge >= 0.3 is 5.97 Å². The van der Waals surface area contributed by atoms with Gasteiger partial charge in [0.2, 0.25) is 5.91 Å². The van der Waals surface area contributed by atoms with Crippen LogP contribution in [-0.2, 0) is 19.1 Å². The maximum atomic E-state index is 12.3. The van der Waals surface area contributed by atoms with Gasteiger partial charge in [-0.2, -0.15) is 0 Å². The first-order chi connectivity index (χ1) is 12.9. The van der Waals surface area contributed by atoms with Crippen LogP contribution in [0.3, 0.4) is 0 Å². The monoisotopic (exact) mass is 372 g/mol. The first kappa shape index (κ1) is 20.7. The van der Waals surface area contributed by atoms with E-state index in [0.29, 0.717) is 11.8 Å². The number of benzene rings is 1. The third-order valence-corrected chi connectivity index (χ3v) is 5.03. The molecule has 2 rings (SSSR count). The van der Waals surface area contributed by atoms with E-state index in [-0.39, 0.29) is 30.2 Å². The molecule has 0 heterocycles. The van der Waals surface area contributed by atoms with Crippen LogP contribution in [0.5, 0.6) is 0 Å².